The van der Waals surface area contributed by atoms with E-state index in [0.717, 1.165) is 5.56 Å². The number of nitrogens with zero attached hydrogens (tertiary/aromatic N) is 1. The molecule has 1 N–H and O–H groups in total. The Bertz CT molecular complexity index is 449. The fraction of sp³-hybridized carbons (Fsp3) is 0.385. The number of hydrogen-bond acceptors (Lipinski definition) is 3. The van der Waals surface area contributed by atoms with E-state index in [1.807, 2.05) is 19.1 Å². The van der Waals surface area contributed by atoms with Crippen LogP contribution in [0.25, 0.3) is 0 Å². The molecule has 1 aromatic carbocycles. The zero-order valence-corrected chi connectivity index (χ0v) is 10.3. The van der Waals surface area contributed by atoms with Crippen LogP contribution in [0.2, 0.25) is 0 Å². The number of methoxy groups -OCH3 is 1. The molecule has 0 aliphatic rings. The van der Waals surface area contributed by atoms with Crippen LogP contribution in [-0.4, -0.2) is 19.1 Å². The van der Waals surface area contributed by atoms with Crippen LogP contribution < -0.4 is 10.1 Å². The maximum absolute atomic E-state index is 12.0. The van der Waals surface area contributed by atoms with Crippen molar-refractivity contribution in [1.29, 1.82) is 5.26 Å². The third-order valence-corrected chi connectivity index (χ3v) is 2.37. The molecule has 0 aromatic heterocycles. The van der Waals surface area contributed by atoms with Crippen molar-refractivity contribution in [1.82, 2.24) is 5.32 Å². The Balaban J connectivity index is 2.88. The van der Waals surface area contributed by atoms with E-state index >= 15 is 0 Å². The van der Waals surface area contributed by atoms with Gasteiger partial charge >= 0.3 is 0 Å². The van der Waals surface area contributed by atoms with Crippen molar-refractivity contribution < 1.29 is 9.53 Å². The van der Waals surface area contributed by atoms with E-state index in [9.17, 15) is 4.79 Å². The highest BCUT2D eigenvalue weighted by atomic mass is 16.5. The third kappa shape index (κ3) is 3.49. The Hall–Kier alpha value is -2.02. The molecule has 0 bridgehead atoms. The highest BCUT2D eigenvalue weighted by Gasteiger charge is 2.14. The Kier molecular flexibility index (Phi) is 4.53. The van der Waals surface area contributed by atoms with E-state index in [-0.39, 0.29) is 11.9 Å². The molecule has 1 aromatic rings. The van der Waals surface area contributed by atoms with Gasteiger partial charge in [0, 0.05) is 6.04 Å². The number of hydrogen-bond donors (Lipinski definition) is 1. The number of nitriles is 1. The Morgan fingerprint density at radius 3 is 2.88 bits per heavy atom. The maximum atomic E-state index is 12.0. The minimum absolute atomic E-state index is 0.169. The van der Waals surface area contributed by atoms with E-state index in [0.29, 0.717) is 17.7 Å². The van der Waals surface area contributed by atoms with E-state index in [2.05, 4.69) is 5.32 Å². The van der Waals surface area contributed by atoms with Crippen LogP contribution in [0.15, 0.2) is 18.2 Å². The van der Waals surface area contributed by atoms with Crippen LogP contribution in [0.1, 0.15) is 29.3 Å². The van der Waals surface area contributed by atoms with E-state index in [4.69, 9.17) is 10.00 Å². The van der Waals surface area contributed by atoms with Gasteiger partial charge in [-0.2, -0.15) is 5.26 Å². The second-order valence-electron chi connectivity index (χ2n) is 3.94. The molecule has 1 unspecified atom stereocenters. The Morgan fingerprint density at radius 2 is 2.29 bits per heavy atom. The summed E-state index contributed by atoms with van der Waals surface area (Å²) in [6, 6.07) is 7.27. The van der Waals surface area contributed by atoms with Gasteiger partial charge in [0.1, 0.15) is 5.75 Å². The molecule has 90 valence electrons. The summed E-state index contributed by atoms with van der Waals surface area (Å²) in [5, 5.41) is 11.3. The monoisotopic (exact) mass is 232 g/mol. The smallest absolute Gasteiger partial charge is 0.255 e. The predicted molar refractivity (Wildman–Crippen MR) is 64.9 cm³/mol. The summed E-state index contributed by atoms with van der Waals surface area (Å²) in [6.45, 7) is 3.71. The number of nitrogens with one attached hydrogen (secondary N) is 1. The minimum atomic E-state index is -0.215. The molecule has 4 heteroatoms. The highest BCUT2D eigenvalue weighted by Crippen LogP contribution is 2.19. The van der Waals surface area contributed by atoms with Crippen molar-refractivity contribution in [3.05, 3.63) is 29.3 Å². The third-order valence-electron chi connectivity index (χ3n) is 2.37. The summed E-state index contributed by atoms with van der Waals surface area (Å²) in [5.74, 6) is 0.325. The maximum Gasteiger partial charge on any atom is 0.255 e. The highest BCUT2D eigenvalue weighted by molar-refractivity contribution is 5.97. The summed E-state index contributed by atoms with van der Waals surface area (Å²) < 4.78 is 5.14. The molecule has 1 amide bonds. The van der Waals surface area contributed by atoms with Crippen molar-refractivity contribution in [3.63, 3.8) is 0 Å². The Labute approximate surface area is 101 Å². The molecule has 0 saturated heterocycles. The lowest BCUT2D eigenvalue weighted by Crippen LogP contribution is -2.32. The summed E-state index contributed by atoms with van der Waals surface area (Å²) in [4.78, 5) is 12.0. The van der Waals surface area contributed by atoms with Crippen LogP contribution in [0.4, 0.5) is 0 Å². The van der Waals surface area contributed by atoms with Gasteiger partial charge in [-0.25, -0.2) is 0 Å². The van der Waals surface area contributed by atoms with Crippen molar-refractivity contribution in [2.75, 3.05) is 7.11 Å². The second kappa shape index (κ2) is 5.90. The van der Waals surface area contributed by atoms with Crippen molar-refractivity contribution in [2.24, 2.45) is 0 Å². The van der Waals surface area contributed by atoms with Gasteiger partial charge in [0.25, 0.3) is 5.91 Å². The lowest BCUT2D eigenvalue weighted by Gasteiger charge is -2.13. The molecule has 0 aliphatic heterocycles. The van der Waals surface area contributed by atoms with Crippen molar-refractivity contribution in [3.8, 4) is 11.8 Å². The number of rotatable bonds is 4. The predicted octanol–water partition coefficient (Wildman–Crippen LogP) is 2.04. The number of carbonyl (C=O) groups is 1. The largest absolute Gasteiger partial charge is 0.496 e. The number of aryl methyl sites for hydroxylation is 1. The number of carbonyl (C=O) groups excluding carboxylic acids is 1. The fourth-order valence-electron chi connectivity index (χ4n) is 1.49. The quantitative estimate of drug-likeness (QED) is 0.864. The molecular weight excluding hydrogens is 216 g/mol. The first-order chi connectivity index (χ1) is 8.08. The molecular formula is C13H16N2O2. The SMILES string of the molecule is COc1ccc(C)cc1C(=O)NC(C)CC#N. The fourth-order valence-corrected chi connectivity index (χ4v) is 1.49. The van der Waals surface area contributed by atoms with Gasteiger partial charge in [0.05, 0.1) is 25.2 Å². The molecule has 0 fully saturated rings. The number of amides is 1. The first-order valence-corrected chi connectivity index (χ1v) is 5.41. The molecule has 0 spiro atoms. The molecule has 4 nitrogen and oxygen atoms in total. The molecule has 0 heterocycles. The lowest BCUT2D eigenvalue weighted by atomic mass is 10.1. The zero-order valence-electron chi connectivity index (χ0n) is 10.3. The average molecular weight is 232 g/mol. The molecule has 1 atom stereocenters. The number of benzene rings is 1. The zero-order chi connectivity index (χ0) is 12.8. The van der Waals surface area contributed by atoms with Gasteiger partial charge in [-0.15, -0.1) is 0 Å². The molecule has 0 radical (unpaired) electrons. The van der Waals surface area contributed by atoms with Gasteiger partial charge in [0.15, 0.2) is 0 Å². The van der Waals surface area contributed by atoms with Crippen molar-refractivity contribution in [2.45, 2.75) is 26.3 Å². The Morgan fingerprint density at radius 1 is 1.59 bits per heavy atom. The van der Waals surface area contributed by atoms with Crippen LogP contribution in [0.3, 0.4) is 0 Å². The van der Waals surface area contributed by atoms with E-state index in [1.54, 1.807) is 19.1 Å². The standard InChI is InChI=1S/C13H16N2O2/c1-9-4-5-12(17-3)11(8-9)13(16)15-10(2)6-7-14/h4-5,8,10H,6H2,1-3H3,(H,15,16). The summed E-state index contributed by atoms with van der Waals surface area (Å²) >= 11 is 0. The van der Waals surface area contributed by atoms with E-state index < -0.39 is 0 Å². The molecule has 17 heavy (non-hydrogen) atoms. The van der Waals surface area contributed by atoms with Crippen LogP contribution >= 0.6 is 0 Å². The van der Waals surface area contributed by atoms with Crippen molar-refractivity contribution >= 4 is 5.91 Å². The second-order valence-corrected chi connectivity index (χ2v) is 3.94. The van der Waals surface area contributed by atoms with Crippen LogP contribution in [0, 0.1) is 18.3 Å². The summed E-state index contributed by atoms with van der Waals surface area (Å²) in [6.07, 6.45) is 0.292. The van der Waals surface area contributed by atoms with Gasteiger partial charge in [-0.3, -0.25) is 4.79 Å². The summed E-state index contributed by atoms with van der Waals surface area (Å²) in [5.41, 5.74) is 1.49. The summed E-state index contributed by atoms with van der Waals surface area (Å²) in [7, 11) is 1.53. The van der Waals surface area contributed by atoms with Crippen LogP contribution in [0.5, 0.6) is 5.75 Å². The topological polar surface area (TPSA) is 62.1 Å². The molecule has 0 saturated carbocycles. The lowest BCUT2D eigenvalue weighted by molar-refractivity contribution is 0.0937. The van der Waals surface area contributed by atoms with E-state index in [1.165, 1.54) is 7.11 Å². The first-order valence-electron chi connectivity index (χ1n) is 5.41. The normalized spacial score (nSPS) is 11.4. The first kappa shape index (κ1) is 13.0. The molecule has 0 aliphatic carbocycles. The average Bonchev–Trinajstić information content (AvgIpc) is 2.29. The minimum Gasteiger partial charge on any atom is -0.496 e. The van der Waals surface area contributed by atoms with Crippen LogP contribution in [-0.2, 0) is 0 Å². The van der Waals surface area contributed by atoms with Gasteiger partial charge in [-0.1, -0.05) is 11.6 Å². The van der Waals surface area contributed by atoms with Gasteiger partial charge < -0.3 is 10.1 Å². The van der Waals surface area contributed by atoms with Gasteiger partial charge in [-0.05, 0) is 26.0 Å². The molecule has 1 rings (SSSR count). The number of ether oxygens (including phenoxy) is 1. The van der Waals surface area contributed by atoms with Gasteiger partial charge in [0.2, 0.25) is 0 Å².